The predicted octanol–water partition coefficient (Wildman–Crippen LogP) is 3.46. The minimum Gasteiger partial charge on any atom is -0.379 e. The highest BCUT2D eigenvalue weighted by Crippen LogP contribution is 2.38. The molecule has 0 radical (unpaired) electrons. The second-order valence-electron chi connectivity index (χ2n) is 7.61. The van der Waals surface area contributed by atoms with Crippen molar-refractivity contribution in [1.29, 1.82) is 0 Å². The number of hydrogen-bond acceptors (Lipinski definition) is 4. The van der Waals surface area contributed by atoms with Crippen molar-refractivity contribution in [2.45, 2.75) is 51.7 Å². The molecule has 0 saturated carbocycles. The fourth-order valence-electron chi connectivity index (χ4n) is 2.91. The lowest BCUT2D eigenvalue weighted by Gasteiger charge is -2.30. The molecule has 1 aromatic rings. The van der Waals surface area contributed by atoms with Crippen LogP contribution in [0.15, 0.2) is 30.3 Å². The molecule has 3 rings (SSSR count). The van der Waals surface area contributed by atoms with E-state index in [4.69, 9.17) is 14.2 Å². The first-order valence-electron chi connectivity index (χ1n) is 8.79. The van der Waals surface area contributed by atoms with E-state index in [0.717, 1.165) is 38.4 Å². The second-order valence-corrected chi connectivity index (χ2v) is 7.61. The normalized spacial score (nSPS) is 24.7. The van der Waals surface area contributed by atoms with Crippen molar-refractivity contribution in [1.82, 2.24) is 4.90 Å². The van der Waals surface area contributed by atoms with Gasteiger partial charge < -0.3 is 14.2 Å². The van der Waals surface area contributed by atoms with Gasteiger partial charge >= 0.3 is 0 Å². The molecule has 24 heavy (non-hydrogen) atoms. The van der Waals surface area contributed by atoms with Crippen molar-refractivity contribution in [2.24, 2.45) is 0 Å². The monoisotopic (exact) mass is 331 g/mol. The Morgan fingerprint density at radius 2 is 1.58 bits per heavy atom. The summed E-state index contributed by atoms with van der Waals surface area (Å²) >= 11 is 0. The molecule has 1 aromatic carbocycles. The number of ether oxygens (including phenoxy) is 3. The maximum Gasteiger partial charge on any atom is 0.178 e. The quantitative estimate of drug-likeness (QED) is 0.845. The third-order valence-electron chi connectivity index (χ3n) is 5.21. The van der Waals surface area contributed by atoms with E-state index in [1.54, 1.807) is 0 Å². The van der Waals surface area contributed by atoms with Gasteiger partial charge in [-0.2, -0.15) is 0 Å². The van der Waals surface area contributed by atoms with Crippen LogP contribution in [-0.4, -0.2) is 48.7 Å². The average Bonchev–Trinajstić information content (AvgIpc) is 2.75. The number of rotatable bonds is 4. The Balaban J connectivity index is 1.56. The molecular formula is C20H29NO3. The standard InChI is InChI=1S/C20H29NO3/c1-19(2)20(3,4)24-18(23-19)10-9-16-5-7-17(8-6-16)15-21-11-13-22-14-12-21/h5-10,18H,11-15H2,1-4H3. The fraction of sp³-hybridized carbons (Fsp3) is 0.600. The lowest BCUT2D eigenvalue weighted by molar-refractivity contribution is -0.0499. The third-order valence-corrected chi connectivity index (χ3v) is 5.21. The van der Waals surface area contributed by atoms with Crippen LogP contribution in [0.25, 0.3) is 6.08 Å². The largest absolute Gasteiger partial charge is 0.379 e. The van der Waals surface area contributed by atoms with Crippen molar-refractivity contribution in [2.75, 3.05) is 26.3 Å². The van der Waals surface area contributed by atoms with Gasteiger partial charge in [-0.1, -0.05) is 30.3 Å². The van der Waals surface area contributed by atoms with E-state index < -0.39 is 0 Å². The second kappa shape index (κ2) is 6.96. The summed E-state index contributed by atoms with van der Waals surface area (Å²) in [6.07, 6.45) is 3.77. The van der Waals surface area contributed by atoms with Crippen LogP contribution in [0.4, 0.5) is 0 Å². The van der Waals surface area contributed by atoms with Crippen molar-refractivity contribution in [3.63, 3.8) is 0 Å². The zero-order valence-electron chi connectivity index (χ0n) is 15.2. The van der Waals surface area contributed by atoms with E-state index in [1.165, 1.54) is 5.56 Å². The van der Waals surface area contributed by atoms with Crippen LogP contribution in [0.3, 0.4) is 0 Å². The predicted molar refractivity (Wildman–Crippen MR) is 95.7 cm³/mol. The van der Waals surface area contributed by atoms with Crippen molar-refractivity contribution < 1.29 is 14.2 Å². The van der Waals surface area contributed by atoms with E-state index in [9.17, 15) is 0 Å². The van der Waals surface area contributed by atoms with E-state index in [0.29, 0.717) is 0 Å². The van der Waals surface area contributed by atoms with Gasteiger partial charge in [0.15, 0.2) is 6.29 Å². The number of hydrogen-bond donors (Lipinski definition) is 0. The Bertz CT molecular complexity index is 555. The van der Waals surface area contributed by atoms with Crippen LogP contribution in [0, 0.1) is 0 Å². The summed E-state index contributed by atoms with van der Waals surface area (Å²) in [7, 11) is 0. The smallest absolute Gasteiger partial charge is 0.178 e. The molecule has 0 unspecified atom stereocenters. The molecule has 2 saturated heterocycles. The Kier molecular flexibility index (Phi) is 5.11. The zero-order chi connectivity index (χ0) is 17.2. The fourth-order valence-corrected chi connectivity index (χ4v) is 2.91. The minimum absolute atomic E-state index is 0.288. The van der Waals surface area contributed by atoms with Gasteiger partial charge in [0.2, 0.25) is 0 Å². The summed E-state index contributed by atoms with van der Waals surface area (Å²) in [5, 5.41) is 0. The van der Waals surface area contributed by atoms with Gasteiger partial charge in [-0.3, -0.25) is 4.90 Å². The Labute approximate surface area is 145 Å². The molecule has 2 heterocycles. The molecule has 0 atom stereocenters. The van der Waals surface area contributed by atoms with Crippen molar-refractivity contribution in [3.8, 4) is 0 Å². The van der Waals surface area contributed by atoms with Crippen LogP contribution in [0.5, 0.6) is 0 Å². The lowest BCUT2D eigenvalue weighted by Crippen LogP contribution is -2.41. The molecule has 2 aliphatic heterocycles. The van der Waals surface area contributed by atoms with Gasteiger partial charge in [-0.25, -0.2) is 0 Å². The number of nitrogens with zero attached hydrogens (tertiary/aromatic N) is 1. The van der Waals surface area contributed by atoms with Gasteiger partial charge in [0.1, 0.15) is 0 Å². The molecule has 0 aromatic heterocycles. The first-order chi connectivity index (χ1) is 11.4. The van der Waals surface area contributed by atoms with E-state index in [1.807, 2.05) is 6.08 Å². The molecule has 0 aliphatic carbocycles. The molecule has 0 amide bonds. The highest BCUT2D eigenvalue weighted by Gasteiger charge is 2.48. The van der Waals surface area contributed by atoms with E-state index in [-0.39, 0.29) is 17.5 Å². The summed E-state index contributed by atoms with van der Waals surface area (Å²) in [6, 6.07) is 8.69. The molecule has 0 spiro atoms. The highest BCUT2D eigenvalue weighted by molar-refractivity contribution is 5.50. The maximum atomic E-state index is 5.98. The topological polar surface area (TPSA) is 30.9 Å². The molecular weight excluding hydrogens is 302 g/mol. The van der Waals surface area contributed by atoms with Crippen molar-refractivity contribution in [3.05, 3.63) is 41.5 Å². The highest BCUT2D eigenvalue weighted by atomic mass is 16.7. The van der Waals surface area contributed by atoms with E-state index in [2.05, 4.69) is 62.9 Å². The number of morpholine rings is 1. The summed E-state index contributed by atoms with van der Waals surface area (Å²) in [5.74, 6) is 0. The lowest BCUT2D eigenvalue weighted by atomic mass is 9.90. The summed E-state index contributed by atoms with van der Waals surface area (Å²) in [6.45, 7) is 13.0. The van der Waals surface area contributed by atoms with Gasteiger partial charge in [0, 0.05) is 19.6 Å². The van der Waals surface area contributed by atoms with Crippen LogP contribution < -0.4 is 0 Å². The molecule has 2 fully saturated rings. The summed E-state index contributed by atoms with van der Waals surface area (Å²) < 4.78 is 17.4. The minimum atomic E-state index is -0.289. The molecule has 2 aliphatic rings. The van der Waals surface area contributed by atoms with Gasteiger partial charge in [-0.05, 0) is 44.9 Å². The maximum absolute atomic E-state index is 5.98. The molecule has 132 valence electrons. The Morgan fingerprint density at radius 1 is 1.00 bits per heavy atom. The third kappa shape index (κ3) is 4.06. The van der Waals surface area contributed by atoms with Gasteiger partial charge in [0.25, 0.3) is 0 Å². The summed E-state index contributed by atoms with van der Waals surface area (Å²) in [5.41, 5.74) is 1.92. The van der Waals surface area contributed by atoms with E-state index >= 15 is 0 Å². The molecule has 0 N–H and O–H groups in total. The van der Waals surface area contributed by atoms with Gasteiger partial charge in [-0.15, -0.1) is 0 Å². The van der Waals surface area contributed by atoms with Crippen LogP contribution >= 0.6 is 0 Å². The van der Waals surface area contributed by atoms with Crippen molar-refractivity contribution >= 4 is 6.08 Å². The molecule has 0 bridgehead atoms. The summed E-state index contributed by atoms with van der Waals surface area (Å²) in [4.78, 5) is 2.43. The van der Waals surface area contributed by atoms with Crippen LogP contribution in [0.1, 0.15) is 38.8 Å². The van der Waals surface area contributed by atoms with Gasteiger partial charge in [0.05, 0.1) is 24.4 Å². The number of benzene rings is 1. The Morgan fingerprint density at radius 3 is 2.17 bits per heavy atom. The Hall–Kier alpha value is -1.20. The first-order valence-corrected chi connectivity index (χ1v) is 8.79. The molecule has 4 heteroatoms. The zero-order valence-corrected chi connectivity index (χ0v) is 15.2. The average molecular weight is 331 g/mol. The van der Waals surface area contributed by atoms with Crippen LogP contribution in [0.2, 0.25) is 0 Å². The first kappa shape index (κ1) is 17.6. The SMILES string of the molecule is CC1(C)OC(C=Cc2ccc(CN3CCOCC3)cc2)OC1(C)C. The molecule has 4 nitrogen and oxygen atoms in total. The van der Waals surface area contributed by atoms with Crippen LogP contribution in [-0.2, 0) is 20.8 Å².